The number of nitro benzene ring substituents is 1. The molecule has 0 saturated heterocycles. The monoisotopic (exact) mass is 425 g/mol. The van der Waals surface area contributed by atoms with Crippen molar-refractivity contribution in [3.63, 3.8) is 0 Å². The molecule has 1 unspecified atom stereocenters. The van der Waals surface area contributed by atoms with Gasteiger partial charge in [-0.2, -0.15) is 13.2 Å². The van der Waals surface area contributed by atoms with Crippen molar-refractivity contribution < 1.29 is 32.4 Å². The lowest BCUT2D eigenvalue weighted by atomic mass is 10.0. The number of nitro groups is 1. The Morgan fingerprint density at radius 3 is 2.50 bits per heavy atom. The van der Waals surface area contributed by atoms with Crippen LogP contribution in [0.25, 0.3) is 0 Å². The molecule has 2 aromatic carbocycles. The first-order valence-corrected chi connectivity index (χ1v) is 8.60. The summed E-state index contributed by atoms with van der Waals surface area (Å²) in [5, 5.41) is 15.8. The standard InChI is InChI=1S/C19H18F3N3O5/c1-11(12-4-3-5-14(8-12)19(20,21)22)24-17(26)10-23-18(27)13-6-7-16(30-2)15(9-13)25(28)29/h3-9,11H,10H2,1-2H3,(H,23,27)(H,24,26). The number of amides is 2. The molecule has 2 amide bonds. The molecule has 2 rings (SSSR count). The number of rotatable bonds is 7. The molecule has 0 bridgehead atoms. The molecule has 0 aliphatic heterocycles. The molecule has 0 aromatic heterocycles. The molecule has 0 heterocycles. The van der Waals surface area contributed by atoms with Gasteiger partial charge in [0.1, 0.15) is 0 Å². The Bertz CT molecular complexity index is 963. The van der Waals surface area contributed by atoms with E-state index in [2.05, 4.69) is 10.6 Å². The Kier molecular flexibility index (Phi) is 6.98. The van der Waals surface area contributed by atoms with Gasteiger partial charge in [0.15, 0.2) is 5.75 Å². The number of alkyl halides is 3. The Morgan fingerprint density at radius 1 is 1.20 bits per heavy atom. The van der Waals surface area contributed by atoms with Crippen molar-refractivity contribution in [3.05, 3.63) is 69.3 Å². The van der Waals surface area contributed by atoms with E-state index in [-0.39, 0.29) is 16.9 Å². The fraction of sp³-hybridized carbons (Fsp3) is 0.263. The fourth-order valence-electron chi connectivity index (χ4n) is 2.60. The number of halogens is 3. The van der Waals surface area contributed by atoms with E-state index in [1.165, 1.54) is 38.3 Å². The second kappa shape index (κ2) is 9.25. The predicted octanol–water partition coefficient (Wildman–Crippen LogP) is 3.23. The largest absolute Gasteiger partial charge is 0.490 e. The Morgan fingerprint density at radius 2 is 1.90 bits per heavy atom. The first-order chi connectivity index (χ1) is 14.0. The quantitative estimate of drug-likeness (QED) is 0.523. The minimum absolute atomic E-state index is 0.0239. The summed E-state index contributed by atoms with van der Waals surface area (Å²) in [4.78, 5) is 34.5. The van der Waals surface area contributed by atoms with E-state index in [9.17, 15) is 32.9 Å². The van der Waals surface area contributed by atoms with Crippen LogP contribution < -0.4 is 15.4 Å². The van der Waals surface area contributed by atoms with Crippen LogP contribution in [0, 0.1) is 10.1 Å². The van der Waals surface area contributed by atoms with E-state index in [4.69, 9.17) is 4.74 Å². The number of hydrogen-bond acceptors (Lipinski definition) is 5. The third-order valence-electron chi connectivity index (χ3n) is 4.14. The molecule has 2 N–H and O–H groups in total. The number of ether oxygens (including phenoxy) is 1. The topological polar surface area (TPSA) is 111 Å². The van der Waals surface area contributed by atoms with Gasteiger partial charge in [-0.25, -0.2) is 0 Å². The van der Waals surface area contributed by atoms with Crippen LogP contribution in [0.15, 0.2) is 42.5 Å². The Hall–Kier alpha value is -3.63. The molecular formula is C19H18F3N3O5. The molecule has 0 radical (unpaired) electrons. The van der Waals surface area contributed by atoms with E-state index < -0.39 is 46.8 Å². The number of methoxy groups -OCH3 is 1. The second-order valence-electron chi connectivity index (χ2n) is 6.24. The summed E-state index contributed by atoms with van der Waals surface area (Å²) in [5.74, 6) is -1.40. The Balaban J connectivity index is 1.98. The number of carbonyl (C=O) groups is 2. The zero-order valence-electron chi connectivity index (χ0n) is 15.9. The van der Waals surface area contributed by atoms with Crippen molar-refractivity contribution in [2.45, 2.75) is 19.1 Å². The van der Waals surface area contributed by atoms with Crippen LogP contribution in [0.2, 0.25) is 0 Å². The summed E-state index contributed by atoms with van der Waals surface area (Å²) in [5.41, 5.74) is -1.06. The van der Waals surface area contributed by atoms with E-state index in [1.807, 2.05) is 0 Å². The van der Waals surface area contributed by atoms with Gasteiger partial charge in [-0.05, 0) is 36.8 Å². The zero-order valence-corrected chi connectivity index (χ0v) is 15.9. The first kappa shape index (κ1) is 22.7. The van der Waals surface area contributed by atoms with E-state index in [0.717, 1.165) is 18.2 Å². The van der Waals surface area contributed by atoms with Gasteiger partial charge in [-0.1, -0.05) is 12.1 Å². The van der Waals surface area contributed by atoms with Crippen LogP contribution in [-0.4, -0.2) is 30.4 Å². The van der Waals surface area contributed by atoms with Crippen molar-refractivity contribution in [1.82, 2.24) is 10.6 Å². The maximum atomic E-state index is 12.8. The second-order valence-corrected chi connectivity index (χ2v) is 6.24. The smallest absolute Gasteiger partial charge is 0.416 e. The van der Waals surface area contributed by atoms with Gasteiger partial charge in [-0.3, -0.25) is 19.7 Å². The van der Waals surface area contributed by atoms with Gasteiger partial charge >= 0.3 is 11.9 Å². The number of nitrogens with zero attached hydrogens (tertiary/aromatic N) is 1. The third kappa shape index (κ3) is 5.69. The minimum Gasteiger partial charge on any atom is -0.490 e. The molecule has 2 aromatic rings. The molecule has 30 heavy (non-hydrogen) atoms. The van der Waals surface area contributed by atoms with Crippen LogP contribution in [0.3, 0.4) is 0 Å². The van der Waals surface area contributed by atoms with Gasteiger partial charge in [0, 0.05) is 11.6 Å². The molecule has 0 aliphatic carbocycles. The molecule has 0 saturated carbocycles. The van der Waals surface area contributed by atoms with Gasteiger partial charge < -0.3 is 15.4 Å². The molecule has 0 spiro atoms. The summed E-state index contributed by atoms with van der Waals surface area (Å²) in [6.07, 6.45) is -4.51. The third-order valence-corrected chi connectivity index (χ3v) is 4.14. The average molecular weight is 425 g/mol. The van der Waals surface area contributed by atoms with Crippen molar-refractivity contribution in [3.8, 4) is 5.75 Å². The maximum absolute atomic E-state index is 12.8. The van der Waals surface area contributed by atoms with Crippen LogP contribution in [0.1, 0.15) is 34.5 Å². The van der Waals surface area contributed by atoms with Gasteiger partial charge in [0.05, 0.1) is 30.2 Å². The van der Waals surface area contributed by atoms with Crippen LogP contribution >= 0.6 is 0 Å². The average Bonchev–Trinajstić information content (AvgIpc) is 2.70. The van der Waals surface area contributed by atoms with Crippen molar-refractivity contribution >= 4 is 17.5 Å². The number of nitrogens with one attached hydrogen (secondary N) is 2. The maximum Gasteiger partial charge on any atom is 0.416 e. The highest BCUT2D eigenvalue weighted by Crippen LogP contribution is 2.30. The van der Waals surface area contributed by atoms with Crippen LogP contribution in [0.4, 0.5) is 18.9 Å². The lowest BCUT2D eigenvalue weighted by molar-refractivity contribution is -0.385. The minimum atomic E-state index is -4.51. The lowest BCUT2D eigenvalue weighted by Crippen LogP contribution is -2.38. The van der Waals surface area contributed by atoms with E-state index in [0.29, 0.717) is 0 Å². The highest BCUT2D eigenvalue weighted by atomic mass is 19.4. The van der Waals surface area contributed by atoms with E-state index >= 15 is 0 Å². The summed E-state index contributed by atoms with van der Waals surface area (Å²) in [7, 11) is 1.25. The molecule has 0 fully saturated rings. The highest BCUT2D eigenvalue weighted by Gasteiger charge is 2.30. The number of benzene rings is 2. The van der Waals surface area contributed by atoms with Gasteiger partial charge in [0.2, 0.25) is 5.91 Å². The summed E-state index contributed by atoms with van der Waals surface area (Å²) >= 11 is 0. The van der Waals surface area contributed by atoms with Crippen molar-refractivity contribution in [2.75, 3.05) is 13.7 Å². The molecule has 0 aliphatic rings. The zero-order chi connectivity index (χ0) is 22.5. The summed E-state index contributed by atoms with van der Waals surface area (Å²) in [6, 6.07) is 7.35. The summed E-state index contributed by atoms with van der Waals surface area (Å²) in [6.45, 7) is 1.03. The van der Waals surface area contributed by atoms with Crippen molar-refractivity contribution in [1.29, 1.82) is 0 Å². The highest BCUT2D eigenvalue weighted by molar-refractivity contribution is 5.97. The van der Waals surface area contributed by atoms with Crippen molar-refractivity contribution in [2.24, 2.45) is 0 Å². The molecular weight excluding hydrogens is 407 g/mol. The number of carbonyl (C=O) groups excluding carboxylic acids is 2. The van der Waals surface area contributed by atoms with Gasteiger partial charge in [0.25, 0.3) is 5.91 Å². The predicted molar refractivity (Wildman–Crippen MR) is 100.0 cm³/mol. The Labute approximate surface area is 169 Å². The molecule has 1 atom stereocenters. The molecule has 160 valence electrons. The number of hydrogen-bond donors (Lipinski definition) is 2. The SMILES string of the molecule is COc1ccc(C(=O)NCC(=O)NC(C)c2cccc(C(F)(F)F)c2)cc1[N+](=O)[O-]. The van der Waals surface area contributed by atoms with Crippen LogP contribution in [0.5, 0.6) is 5.75 Å². The lowest BCUT2D eigenvalue weighted by Gasteiger charge is -2.16. The van der Waals surface area contributed by atoms with Gasteiger partial charge in [-0.15, -0.1) is 0 Å². The van der Waals surface area contributed by atoms with E-state index in [1.54, 1.807) is 0 Å². The molecule has 8 nitrogen and oxygen atoms in total. The fourth-order valence-corrected chi connectivity index (χ4v) is 2.60. The molecule has 11 heteroatoms. The normalized spacial score (nSPS) is 12.0. The summed E-state index contributed by atoms with van der Waals surface area (Å²) < 4.78 is 43.3. The van der Waals surface area contributed by atoms with Crippen LogP contribution in [-0.2, 0) is 11.0 Å². The first-order valence-electron chi connectivity index (χ1n) is 8.60.